The lowest BCUT2D eigenvalue weighted by atomic mass is 10.2. The summed E-state index contributed by atoms with van der Waals surface area (Å²) in [6, 6.07) is 1.89. The summed E-state index contributed by atoms with van der Waals surface area (Å²) in [6.45, 7) is 11.8. The van der Waals surface area contributed by atoms with Crippen molar-refractivity contribution in [3.8, 4) is 6.07 Å². The molecule has 16 nitrogen and oxygen atoms in total. The number of unbranched alkanes of at least 4 members (excludes halogenated alkanes) is 1. The molecule has 0 bridgehead atoms. The lowest BCUT2D eigenvalue weighted by molar-refractivity contribution is -0.224. The zero-order valence-corrected chi connectivity index (χ0v) is 25.8. The third-order valence-corrected chi connectivity index (χ3v) is 5.61. The predicted molar refractivity (Wildman–Crippen MR) is 153 cm³/mol. The van der Waals surface area contributed by atoms with Gasteiger partial charge in [-0.1, -0.05) is 0 Å². The van der Waals surface area contributed by atoms with E-state index in [0.717, 1.165) is 12.2 Å². The van der Waals surface area contributed by atoms with E-state index >= 15 is 0 Å². The van der Waals surface area contributed by atoms with E-state index in [2.05, 4.69) is 4.85 Å². The van der Waals surface area contributed by atoms with Gasteiger partial charge < -0.3 is 38.2 Å². The standard InChI is InChI=1S/C30H34N4O12/c1-29(2)43-25(37)21(26(38)44-29)10-8-13-33(15-12-31)18-23(35)41-16-6-7-17-42-24(36)19-34(20-32-5)14-9-11-22-27(39)45-30(3,4)46-28(22)40/h8-11,13-14H,6-7,15-20H2,1-4H3/b13-8+,14-9+. The van der Waals surface area contributed by atoms with Gasteiger partial charge >= 0.3 is 35.8 Å². The minimum atomic E-state index is -1.38. The third kappa shape index (κ3) is 12.5. The Morgan fingerprint density at radius 3 is 1.57 bits per heavy atom. The first-order valence-corrected chi connectivity index (χ1v) is 13.9. The number of nitrogens with zero attached hydrogens (tertiary/aromatic N) is 4. The second kappa shape index (κ2) is 17.0. The van der Waals surface area contributed by atoms with Gasteiger partial charge in [-0.25, -0.2) is 25.8 Å². The van der Waals surface area contributed by atoms with Gasteiger partial charge in [0.25, 0.3) is 18.2 Å². The van der Waals surface area contributed by atoms with Gasteiger partial charge in [0.05, 0.1) is 19.3 Å². The van der Waals surface area contributed by atoms with Crippen LogP contribution in [0.3, 0.4) is 0 Å². The summed E-state index contributed by atoms with van der Waals surface area (Å²) in [5.41, 5.74) is -0.682. The van der Waals surface area contributed by atoms with E-state index in [9.17, 15) is 28.8 Å². The maximum absolute atomic E-state index is 12.2. The molecule has 0 spiro atoms. The molecule has 0 atom stereocenters. The topological polar surface area (TPSA) is 192 Å². The SMILES string of the molecule is [C-]#[N+]CN(/C=C/C=C1C(=O)OC(C)(C)OC1=O)CC(=O)OCCCCOC(=O)CN(/C=C/C=C1C(=O)OC(C)(C)OC1=O)CC#N. The molecule has 2 heterocycles. The molecule has 2 aliphatic rings. The van der Waals surface area contributed by atoms with Crippen LogP contribution in [0.1, 0.15) is 40.5 Å². The number of hydrogen-bond acceptors (Lipinski definition) is 15. The highest BCUT2D eigenvalue weighted by atomic mass is 16.7. The van der Waals surface area contributed by atoms with Crippen molar-refractivity contribution in [1.29, 1.82) is 5.26 Å². The van der Waals surface area contributed by atoms with E-state index in [4.69, 9.17) is 40.3 Å². The lowest BCUT2D eigenvalue weighted by Crippen LogP contribution is -2.41. The predicted octanol–water partition coefficient (Wildman–Crippen LogP) is 1.41. The molecule has 2 rings (SSSR count). The van der Waals surface area contributed by atoms with Crippen LogP contribution in [0.2, 0.25) is 0 Å². The Kier molecular flexibility index (Phi) is 13.5. The minimum absolute atomic E-state index is 0.0152. The van der Waals surface area contributed by atoms with Gasteiger partial charge in [-0.15, -0.1) is 0 Å². The first-order chi connectivity index (χ1) is 21.7. The molecule has 0 aromatic heterocycles. The monoisotopic (exact) mass is 642 g/mol. The smallest absolute Gasteiger partial charge is 0.348 e. The molecule has 16 heteroatoms. The molecule has 46 heavy (non-hydrogen) atoms. The second-order valence-electron chi connectivity index (χ2n) is 10.5. The van der Waals surface area contributed by atoms with E-state index < -0.39 is 47.4 Å². The summed E-state index contributed by atoms with van der Waals surface area (Å²) in [5, 5.41) is 9.03. The number of ether oxygens (including phenoxy) is 6. The van der Waals surface area contributed by atoms with Crippen LogP contribution in [-0.4, -0.2) is 96.7 Å². The molecule has 0 aliphatic carbocycles. The molecule has 2 saturated heterocycles. The van der Waals surface area contributed by atoms with Crippen molar-refractivity contribution in [2.45, 2.75) is 52.1 Å². The highest BCUT2D eigenvalue weighted by molar-refractivity contribution is 6.16. The first-order valence-electron chi connectivity index (χ1n) is 13.9. The van der Waals surface area contributed by atoms with Gasteiger partial charge in [0.2, 0.25) is 0 Å². The molecule has 246 valence electrons. The van der Waals surface area contributed by atoms with Crippen molar-refractivity contribution in [3.05, 3.63) is 59.3 Å². The molecule has 0 aromatic rings. The molecule has 0 amide bonds. The van der Waals surface area contributed by atoms with Gasteiger partial charge in [0.15, 0.2) is 0 Å². The van der Waals surface area contributed by atoms with Crippen LogP contribution in [0.15, 0.2) is 47.9 Å². The van der Waals surface area contributed by atoms with E-state index in [1.807, 2.05) is 6.07 Å². The van der Waals surface area contributed by atoms with Crippen LogP contribution in [0.5, 0.6) is 0 Å². The number of rotatable bonds is 15. The van der Waals surface area contributed by atoms with Crippen molar-refractivity contribution < 1.29 is 57.2 Å². The van der Waals surface area contributed by atoms with Crippen LogP contribution >= 0.6 is 0 Å². The van der Waals surface area contributed by atoms with Gasteiger partial charge in [0, 0.05) is 40.1 Å². The fourth-order valence-corrected chi connectivity index (χ4v) is 3.61. The van der Waals surface area contributed by atoms with E-state index in [1.165, 1.54) is 62.0 Å². The Hall–Kier alpha value is -5.64. The Morgan fingerprint density at radius 1 is 0.783 bits per heavy atom. The molecule has 0 N–H and O–H groups in total. The van der Waals surface area contributed by atoms with Crippen LogP contribution in [0, 0.1) is 17.9 Å². The fourth-order valence-electron chi connectivity index (χ4n) is 3.61. The first kappa shape index (κ1) is 36.6. The highest BCUT2D eigenvalue weighted by Gasteiger charge is 2.39. The Labute approximate surface area is 265 Å². The minimum Gasteiger partial charge on any atom is -0.464 e. The number of carbonyl (C=O) groups excluding carboxylic acids is 6. The van der Waals surface area contributed by atoms with Gasteiger partial charge in [0.1, 0.15) is 30.8 Å². The second-order valence-corrected chi connectivity index (χ2v) is 10.5. The van der Waals surface area contributed by atoms with Gasteiger partial charge in [-0.2, -0.15) is 5.26 Å². The normalized spacial score (nSPS) is 16.7. The van der Waals surface area contributed by atoms with Crippen LogP contribution in [0.4, 0.5) is 0 Å². The summed E-state index contributed by atoms with van der Waals surface area (Å²) in [4.78, 5) is 78.2. The van der Waals surface area contributed by atoms with Crippen LogP contribution in [0.25, 0.3) is 4.85 Å². The zero-order valence-electron chi connectivity index (χ0n) is 25.8. The van der Waals surface area contributed by atoms with E-state index in [0.29, 0.717) is 12.8 Å². The van der Waals surface area contributed by atoms with Crippen molar-refractivity contribution in [3.63, 3.8) is 0 Å². The average molecular weight is 643 g/mol. The molecule has 2 fully saturated rings. The number of hydrogen-bond donors (Lipinski definition) is 0. The Balaban J connectivity index is 1.72. The summed E-state index contributed by atoms with van der Waals surface area (Å²) in [5.74, 6) is -7.48. The van der Waals surface area contributed by atoms with E-state index in [1.54, 1.807) is 0 Å². The molecule has 0 unspecified atom stereocenters. The zero-order chi connectivity index (χ0) is 34.3. The molecule has 2 aliphatic heterocycles. The largest absolute Gasteiger partial charge is 0.464 e. The Bertz CT molecular complexity index is 1260. The molecular weight excluding hydrogens is 608 g/mol. The fraction of sp³-hybridized carbons (Fsp3) is 0.467. The van der Waals surface area contributed by atoms with E-state index in [-0.39, 0.29) is 50.7 Å². The quantitative estimate of drug-likeness (QED) is 0.0473. The number of esters is 6. The van der Waals surface area contributed by atoms with Gasteiger partial charge in [-0.05, 0) is 37.1 Å². The van der Waals surface area contributed by atoms with Crippen molar-refractivity contribution in [2.75, 3.05) is 39.5 Å². The summed E-state index contributed by atoms with van der Waals surface area (Å²) >= 11 is 0. The third-order valence-electron chi connectivity index (χ3n) is 5.61. The average Bonchev–Trinajstić information content (AvgIpc) is 2.92. The van der Waals surface area contributed by atoms with Crippen LogP contribution < -0.4 is 0 Å². The van der Waals surface area contributed by atoms with Gasteiger partial charge in [-0.3, -0.25) is 14.4 Å². The summed E-state index contributed by atoms with van der Waals surface area (Å²) < 4.78 is 30.3. The summed E-state index contributed by atoms with van der Waals surface area (Å²) in [7, 11) is 0. The van der Waals surface area contributed by atoms with Crippen molar-refractivity contribution in [1.82, 2.24) is 9.80 Å². The molecule has 0 saturated carbocycles. The number of carbonyl (C=O) groups is 6. The Morgan fingerprint density at radius 2 is 1.17 bits per heavy atom. The van der Waals surface area contributed by atoms with Crippen LogP contribution in [-0.2, 0) is 57.2 Å². The number of allylic oxidation sites excluding steroid dienone is 4. The maximum Gasteiger partial charge on any atom is 0.348 e. The lowest BCUT2D eigenvalue weighted by Gasteiger charge is -2.29. The molecule has 0 aromatic carbocycles. The summed E-state index contributed by atoms with van der Waals surface area (Å²) in [6.07, 6.45) is 8.31. The number of cyclic esters (lactones) is 4. The van der Waals surface area contributed by atoms with Crippen molar-refractivity contribution in [2.24, 2.45) is 0 Å². The molecular formula is C30H34N4O12. The molecule has 0 radical (unpaired) electrons. The maximum atomic E-state index is 12.2. The highest BCUT2D eigenvalue weighted by Crippen LogP contribution is 2.23. The number of nitriles is 1. The van der Waals surface area contributed by atoms with Crippen molar-refractivity contribution >= 4 is 35.8 Å².